The molecular formula is C14H18BrFO2. The van der Waals surface area contributed by atoms with Gasteiger partial charge in [0.15, 0.2) is 0 Å². The summed E-state index contributed by atoms with van der Waals surface area (Å²) in [6, 6.07) is 2.95. The van der Waals surface area contributed by atoms with Crippen LogP contribution in [0.5, 0.6) is 5.75 Å². The molecule has 1 fully saturated rings. The molecule has 2 rings (SSSR count). The van der Waals surface area contributed by atoms with Crippen molar-refractivity contribution in [3.05, 3.63) is 28.0 Å². The Balaban J connectivity index is 2.34. The number of hydrogen-bond acceptors (Lipinski definition) is 2. The minimum Gasteiger partial charge on any atom is -0.496 e. The van der Waals surface area contributed by atoms with E-state index in [0.717, 1.165) is 19.3 Å². The summed E-state index contributed by atoms with van der Waals surface area (Å²) in [7, 11) is 1.50. The highest BCUT2D eigenvalue weighted by atomic mass is 79.9. The highest BCUT2D eigenvalue weighted by Crippen LogP contribution is 2.43. The molecule has 1 N–H and O–H groups in total. The lowest BCUT2D eigenvalue weighted by Gasteiger charge is -2.24. The monoisotopic (exact) mass is 316 g/mol. The Kier molecular flexibility index (Phi) is 4.28. The Labute approximate surface area is 115 Å². The SMILES string of the molecule is COc1cc(F)c(Br)cc1C(O)C1CCCC1C. The predicted octanol–water partition coefficient (Wildman–Crippen LogP) is 4.07. The first-order chi connectivity index (χ1) is 8.54. The summed E-state index contributed by atoms with van der Waals surface area (Å²) in [5.74, 6) is 0.773. The number of ether oxygens (including phenoxy) is 1. The number of aliphatic hydroxyl groups excluding tert-OH is 1. The zero-order chi connectivity index (χ0) is 13.3. The van der Waals surface area contributed by atoms with E-state index in [-0.39, 0.29) is 11.7 Å². The largest absolute Gasteiger partial charge is 0.496 e. The Bertz CT molecular complexity index is 436. The van der Waals surface area contributed by atoms with E-state index < -0.39 is 6.10 Å². The molecule has 1 aromatic rings. The van der Waals surface area contributed by atoms with Gasteiger partial charge in [-0.1, -0.05) is 19.8 Å². The topological polar surface area (TPSA) is 29.5 Å². The van der Waals surface area contributed by atoms with Crippen LogP contribution in [0.15, 0.2) is 16.6 Å². The maximum absolute atomic E-state index is 13.5. The number of halogens is 2. The van der Waals surface area contributed by atoms with Gasteiger partial charge in [0.05, 0.1) is 17.7 Å². The van der Waals surface area contributed by atoms with Crippen LogP contribution in [0.25, 0.3) is 0 Å². The third-order valence-electron chi connectivity index (χ3n) is 3.92. The highest BCUT2D eigenvalue weighted by Gasteiger charge is 2.32. The van der Waals surface area contributed by atoms with Crippen molar-refractivity contribution < 1.29 is 14.2 Å². The van der Waals surface area contributed by atoms with Crippen molar-refractivity contribution in [1.29, 1.82) is 0 Å². The van der Waals surface area contributed by atoms with E-state index in [1.165, 1.54) is 13.2 Å². The minimum absolute atomic E-state index is 0.233. The van der Waals surface area contributed by atoms with E-state index in [0.29, 0.717) is 21.7 Å². The van der Waals surface area contributed by atoms with Crippen LogP contribution in [-0.2, 0) is 0 Å². The Morgan fingerprint density at radius 2 is 2.17 bits per heavy atom. The number of rotatable bonds is 3. The van der Waals surface area contributed by atoms with Crippen LogP contribution in [0, 0.1) is 17.7 Å². The molecule has 2 nitrogen and oxygen atoms in total. The van der Waals surface area contributed by atoms with Gasteiger partial charge in [-0.25, -0.2) is 4.39 Å². The fourth-order valence-electron chi connectivity index (χ4n) is 2.83. The number of hydrogen-bond donors (Lipinski definition) is 1. The van der Waals surface area contributed by atoms with E-state index >= 15 is 0 Å². The summed E-state index contributed by atoms with van der Waals surface area (Å²) in [6.07, 6.45) is 2.72. The van der Waals surface area contributed by atoms with Crippen LogP contribution in [-0.4, -0.2) is 12.2 Å². The first-order valence-corrected chi connectivity index (χ1v) is 7.05. The molecule has 4 heteroatoms. The summed E-state index contributed by atoms with van der Waals surface area (Å²) in [5.41, 5.74) is 0.671. The molecular weight excluding hydrogens is 299 g/mol. The molecule has 0 saturated heterocycles. The molecule has 1 aliphatic rings. The maximum Gasteiger partial charge on any atom is 0.141 e. The molecule has 0 heterocycles. The van der Waals surface area contributed by atoms with Crippen LogP contribution in [0.2, 0.25) is 0 Å². The number of aliphatic hydroxyl groups is 1. The molecule has 0 spiro atoms. The third kappa shape index (κ3) is 2.54. The van der Waals surface area contributed by atoms with E-state index in [4.69, 9.17) is 4.74 Å². The summed E-state index contributed by atoms with van der Waals surface area (Å²) >= 11 is 3.16. The van der Waals surface area contributed by atoms with Crippen LogP contribution in [0.3, 0.4) is 0 Å². The molecule has 1 aromatic carbocycles. The van der Waals surface area contributed by atoms with Gasteiger partial charge in [0.25, 0.3) is 0 Å². The fraction of sp³-hybridized carbons (Fsp3) is 0.571. The van der Waals surface area contributed by atoms with Crippen molar-refractivity contribution in [3.63, 3.8) is 0 Å². The van der Waals surface area contributed by atoms with Crippen molar-refractivity contribution in [2.45, 2.75) is 32.3 Å². The van der Waals surface area contributed by atoms with Gasteiger partial charge < -0.3 is 9.84 Å². The molecule has 18 heavy (non-hydrogen) atoms. The molecule has 3 atom stereocenters. The van der Waals surface area contributed by atoms with Gasteiger partial charge in [-0.05, 0) is 40.3 Å². The van der Waals surface area contributed by atoms with Crippen molar-refractivity contribution >= 4 is 15.9 Å². The second kappa shape index (κ2) is 5.57. The summed E-state index contributed by atoms with van der Waals surface area (Å²) in [5, 5.41) is 10.5. The first kappa shape index (κ1) is 13.8. The number of benzene rings is 1. The van der Waals surface area contributed by atoms with Crippen molar-refractivity contribution in [1.82, 2.24) is 0 Å². The quantitative estimate of drug-likeness (QED) is 0.911. The third-order valence-corrected chi connectivity index (χ3v) is 4.53. The van der Waals surface area contributed by atoms with Crippen LogP contribution in [0.4, 0.5) is 4.39 Å². The zero-order valence-electron chi connectivity index (χ0n) is 10.6. The maximum atomic E-state index is 13.5. The molecule has 1 aliphatic carbocycles. The van der Waals surface area contributed by atoms with Gasteiger partial charge in [-0.3, -0.25) is 0 Å². The Morgan fingerprint density at radius 3 is 2.72 bits per heavy atom. The lowest BCUT2D eigenvalue weighted by Crippen LogP contribution is -2.16. The summed E-state index contributed by atoms with van der Waals surface area (Å²) in [4.78, 5) is 0. The average Bonchev–Trinajstić information content (AvgIpc) is 2.77. The van der Waals surface area contributed by atoms with Gasteiger partial charge in [0, 0.05) is 11.6 Å². The van der Waals surface area contributed by atoms with Crippen molar-refractivity contribution in [2.75, 3.05) is 7.11 Å². The minimum atomic E-state index is -0.589. The lowest BCUT2D eigenvalue weighted by molar-refractivity contribution is 0.0873. The second-order valence-corrected chi connectivity index (χ2v) is 5.88. The second-order valence-electron chi connectivity index (χ2n) is 5.03. The van der Waals surface area contributed by atoms with Gasteiger partial charge in [-0.15, -0.1) is 0 Å². The molecule has 0 bridgehead atoms. The van der Waals surface area contributed by atoms with Crippen LogP contribution in [0.1, 0.15) is 37.9 Å². The fourth-order valence-corrected chi connectivity index (χ4v) is 3.19. The van der Waals surface area contributed by atoms with Gasteiger partial charge >= 0.3 is 0 Å². The normalized spacial score (nSPS) is 25.2. The van der Waals surface area contributed by atoms with E-state index in [1.54, 1.807) is 6.07 Å². The standard InChI is InChI=1S/C14H18BrFO2/c1-8-4-3-5-9(8)14(17)10-6-11(15)12(16)7-13(10)18-2/h6-9,14,17H,3-5H2,1-2H3. The van der Waals surface area contributed by atoms with Crippen molar-refractivity contribution in [2.24, 2.45) is 11.8 Å². The first-order valence-electron chi connectivity index (χ1n) is 6.25. The molecule has 0 radical (unpaired) electrons. The van der Waals surface area contributed by atoms with Gasteiger partial charge in [0.2, 0.25) is 0 Å². The average molecular weight is 317 g/mol. The van der Waals surface area contributed by atoms with Crippen LogP contribution >= 0.6 is 15.9 Å². The summed E-state index contributed by atoms with van der Waals surface area (Å²) < 4.78 is 19.0. The van der Waals surface area contributed by atoms with E-state index in [2.05, 4.69) is 22.9 Å². The number of methoxy groups -OCH3 is 1. The smallest absolute Gasteiger partial charge is 0.141 e. The van der Waals surface area contributed by atoms with Crippen LogP contribution < -0.4 is 4.74 Å². The molecule has 0 amide bonds. The molecule has 0 aromatic heterocycles. The van der Waals surface area contributed by atoms with E-state index in [9.17, 15) is 9.50 Å². The molecule has 100 valence electrons. The van der Waals surface area contributed by atoms with E-state index in [1.807, 2.05) is 0 Å². The molecule has 1 saturated carbocycles. The molecule has 3 unspecified atom stereocenters. The molecule has 0 aliphatic heterocycles. The predicted molar refractivity (Wildman–Crippen MR) is 72.1 cm³/mol. The summed E-state index contributed by atoms with van der Waals surface area (Å²) in [6.45, 7) is 2.16. The highest BCUT2D eigenvalue weighted by molar-refractivity contribution is 9.10. The van der Waals surface area contributed by atoms with Gasteiger partial charge in [0.1, 0.15) is 11.6 Å². The van der Waals surface area contributed by atoms with Crippen molar-refractivity contribution in [3.8, 4) is 5.75 Å². The Morgan fingerprint density at radius 1 is 1.44 bits per heavy atom. The zero-order valence-corrected chi connectivity index (χ0v) is 12.2. The Hall–Kier alpha value is -0.610. The lowest BCUT2D eigenvalue weighted by atomic mass is 9.88. The van der Waals surface area contributed by atoms with Gasteiger partial charge in [-0.2, -0.15) is 0 Å².